The van der Waals surface area contributed by atoms with Crippen LogP contribution in [-0.2, 0) is 0 Å². The molecule has 86 valence electrons. The Hall–Kier alpha value is -1.55. The van der Waals surface area contributed by atoms with Crippen molar-refractivity contribution in [1.82, 2.24) is 0 Å². The lowest BCUT2D eigenvalue weighted by Crippen LogP contribution is -2.21. The highest BCUT2D eigenvalue weighted by atomic mass is 16.3. The average Bonchev–Trinajstić information content (AvgIpc) is 2.64. The quantitative estimate of drug-likeness (QED) is 0.510. The van der Waals surface area contributed by atoms with Crippen LogP contribution in [0.1, 0.15) is 17.5 Å². The van der Waals surface area contributed by atoms with Crippen LogP contribution in [0.25, 0.3) is 0 Å². The molecule has 1 heterocycles. The molecule has 0 saturated carbocycles. The van der Waals surface area contributed by atoms with Gasteiger partial charge < -0.3 is 15.7 Å². The Bertz CT molecular complexity index is 417. The third-order valence-electron chi connectivity index (χ3n) is 3.03. The average molecular weight is 219 g/mol. The maximum Gasteiger partial charge on any atom is 0.123 e. The van der Waals surface area contributed by atoms with Gasteiger partial charge in [0, 0.05) is 24.3 Å². The van der Waals surface area contributed by atoms with Crippen molar-refractivity contribution < 1.29 is 5.11 Å². The third kappa shape index (κ3) is 2.02. The molecule has 2 rings (SSSR count). The van der Waals surface area contributed by atoms with Gasteiger partial charge in [-0.25, -0.2) is 0 Å². The van der Waals surface area contributed by atoms with Crippen LogP contribution in [0.5, 0.6) is 0 Å². The van der Waals surface area contributed by atoms with Crippen molar-refractivity contribution in [3.63, 3.8) is 0 Å². The predicted molar refractivity (Wildman–Crippen MR) is 65.0 cm³/mol. The lowest BCUT2D eigenvalue weighted by Gasteiger charge is -2.19. The van der Waals surface area contributed by atoms with Crippen LogP contribution in [0, 0.1) is 12.3 Å². The van der Waals surface area contributed by atoms with Gasteiger partial charge in [-0.05, 0) is 37.1 Å². The molecule has 0 amide bonds. The van der Waals surface area contributed by atoms with Crippen LogP contribution in [0.3, 0.4) is 0 Å². The monoisotopic (exact) mass is 219 g/mol. The van der Waals surface area contributed by atoms with E-state index in [1.54, 1.807) is 0 Å². The predicted octanol–water partition coefficient (Wildman–Crippen LogP) is 0.850. The van der Waals surface area contributed by atoms with Crippen LogP contribution >= 0.6 is 0 Å². The summed E-state index contributed by atoms with van der Waals surface area (Å²) in [6.07, 6.45) is 0.612. The number of benzene rings is 1. The van der Waals surface area contributed by atoms with Gasteiger partial charge in [0.25, 0.3) is 0 Å². The number of amidine groups is 1. The van der Waals surface area contributed by atoms with E-state index in [-0.39, 0.29) is 11.9 Å². The smallest absolute Gasteiger partial charge is 0.123 e. The topological polar surface area (TPSA) is 73.3 Å². The Morgan fingerprint density at radius 1 is 1.56 bits per heavy atom. The van der Waals surface area contributed by atoms with Gasteiger partial charge in [0.1, 0.15) is 5.84 Å². The number of nitrogens with zero attached hydrogens (tertiary/aromatic N) is 1. The molecule has 1 aromatic rings. The zero-order valence-corrected chi connectivity index (χ0v) is 9.40. The number of hydrogen-bond donors (Lipinski definition) is 3. The summed E-state index contributed by atoms with van der Waals surface area (Å²) in [6, 6.07) is 5.86. The lowest BCUT2D eigenvalue weighted by molar-refractivity contribution is 0.198. The van der Waals surface area contributed by atoms with Crippen LogP contribution in [0.2, 0.25) is 0 Å². The van der Waals surface area contributed by atoms with Crippen LogP contribution in [0.15, 0.2) is 18.2 Å². The molecule has 1 atom stereocenters. The number of rotatable bonds is 2. The Labute approximate surface area is 95.2 Å². The van der Waals surface area contributed by atoms with E-state index in [9.17, 15) is 5.11 Å². The highest BCUT2D eigenvalue weighted by Crippen LogP contribution is 2.23. The van der Waals surface area contributed by atoms with Gasteiger partial charge in [0.05, 0.1) is 6.10 Å². The summed E-state index contributed by atoms with van der Waals surface area (Å²) in [6.45, 7) is 3.53. The standard InChI is InChI=1S/C12H17N3O/c1-8-6-9(2-3-11(8)12(13)14)15-5-4-10(16)7-15/h2-3,6,10,16H,4-5,7H2,1H3,(H3,13,14). The highest BCUT2D eigenvalue weighted by molar-refractivity contribution is 5.96. The summed E-state index contributed by atoms with van der Waals surface area (Å²) < 4.78 is 0. The Kier molecular flexibility index (Phi) is 2.83. The molecular formula is C12H17N3O. The number of hydrogen-bond acceptors (Lipinski definition) is 3. The normalized spacial score (nSPS) is 20.1. The van der Waals surface area contributed by atoms with Gasteiger partial charge in [-0.2, -0.15) is 0 Å². The molecule has 1 aliphatic heterocycles. The first kappa shape index (κ1) is 11.0. The molecule has 1 saturated heterocycles. The molecule has 4 N–H and O–H groups in total. The molecule has 16 heavy (non-hydrogen) atoms. The first-order valence-corrected chi connectivity index (χ1v) is 5.46. The maximum atomic E-state index is 9.48. The number of nitrogens with two attached hydrogens (primary N) is 1. The van der Waals surface area contributed by atoms with Gasteiger partial charge in [-0.1, -0.05) is 0 Å². The number of β-amino-alcohol motifs (C(OH)–C–C–N with tert-alkyl or cyclic N) is 1. The van der Waals surface area contributed by atoms with Crippen LogP contribution in [0.4, 0.5) is 5.69 Å². The van der Waals surface area contributed by atoms with E-state index < -0.39 is 0 Å². The van der Waals surface area contributed by atoms with Gasteiger partial charge in [-0.3, -0.25) is 5.41 Å². The molecule has 0 radical (unpaired) electrons. The van der Waals surface area contributed by atoms with Crippen LogP contribution in [-0.4, -0.2) is 30.1 Å². The molecular weight excluding hydrogens is 202 g/mol. The van der Waals surface area contributed by atoms with E-state index in [0.717, 1.165) is 29.8 Å². The molecule has 1 aliphatic rings. The largest absolute Gasteiger partial charge is 0.391 e. The summed E-state index contributed by atoms with van der Waals surface area (Å²) in [5, 5.41) is 16.9. The number of aryl methyl sites for hydroxylation is 1. The number of nitrogens with one attached hydrogen (secondary N) is 1. The van der Waals surface area contributed by atoms with Gasteiger partial charge >= 0.3 is 0 Å². The van der Waals surface area contributed by atoms with Crippen molar-refractivity contribution in [3.05, 3.63) is 29.3 Å². The fraction of sp³-hybridized carbons (Fsp3) is 0.417. The minimum absolute atomic E-state index is 0.102. The molecule has 4 nitrogen and oxygen atoms in total. The summed E-state index contributed by atoms with van der Waals surface area (Å²) in [5.41, 5.74) is 8.35. The lowest BCUT2D eigenvalue weighted by atomic mass is 10.1. The second-order valence-electron chi connectivity index (χ2n) is 4.30. The van der Waals surface area contributed by atoms with Crippen molar-refractivity contribution >= 4 is 11.5 Å². The summed E-state index contributed by atoms with van der Waals surface area (Å²) in [7, 11) is 0. The van der Waals surface area contributed by atoms with Gasteiger partial charge in [0.15, 0.2) is 0 Å². The highest BCUT2D eigenvalue weighted by Gasteiger charge is 2.20. The Balaban J connectivity index is 2.24. The Morgan fingerprint density at radius 2 is 2.31 bits per heavy atom. The van der Waals surface area contributed by atoms with Crippen molar-refractivity contribution in [3.8, 4) is 0 Å². The van der Waals surface area contributed by atoms with E-state index in [1.165, 1.54) is 0 Å². The van der Waals surface area contributed by atoms with Crippen LogP contribution < -0.4 is 10.6 Å². The molecule has 1 aromatic carbocycles. The first-order valence-electron chi connectivity index (χ1n) is 5.46. The minimum Gasteiger partial charge on any atom is -0.391 e. The fourth-order valence-electron chi connectivity index (χ4n) is 2.12. The Morgan fingerprint density at radius 3 is 2.81 bits per heavy atom. The molecule has 4 heteroatoms. The molecule has 0 bridgehead atoms. The first-order chi connectivity index (χ1) is 7.58. The second-order valence-corrected chi connectivity index (χ2v) is 4.30. The van der Waals surface area contributed by atoms with Crippen molar-refractivity contribution in [2.24, 2.45) is 5.73 Å². The van der Waals surface area contributed by atoms with E-state index in [4.69, 9.17) is 11.1 Å². The third-order valence-corrected chi connectivity index (χ3v) is 3.03. The zero-order chi connectivity index (χ0) is 11.7. The van der Waals surface area contributed by atoms with Gasteiger partial charge in [0.2, 0.25) is 0 Å². The van der Waals surface area contributed by atoms with Crippen molar-refractivity contribution in [1.29, 1.82) is 5.41 Å². The van der Waals surface area contributed by atoms with E-state index in [0.29, 0.717) is 6.54 Å². The minimum atomic E-state index is -0.215. The zero-order valence-electron chi connectivity index (χ0n) is 9.40. The maximum absolute atomic E-state index is 9.48. The summed E-state index contributed by atoms with van der Waals surface area (Å²) in [5.74, 6) is 0.102. The van der Waals surface area contributed by atoms with Crippen molar-refractivity contribution in [2.45, 2.75) is 19.4 Å². The molecule has 1 unspecified atom stereocenters. The number of nitrogen functional groups attached to an aromatic ring is 1. The summed E-state index contributed by atoms with van der Waals surface area (Å²) >= 11 is 0. The molecule has 0 aliphatic carbocycles. The fourth-order valence-corrected chi connectivity index (χ4v) is 2.12. The summed E-state index contributed by atoms with van der Waals surface area (Å²) in [4.78, 5) is 2.15. The van der Waals surface area contributed by atoms with E-state index in [1.807, 2.05) is 25.1 Å². The SMILES string of the molecule is Cc1cc(N2CCC(O)C2)ccc1C(=N)N. The second kappa shape index (κ2) is 4.14. The molecule has 0 aromatic heterocycles. The van der Waals surface area contributed by atoms with Crippen molar-refractivity contribution in [2.75, 3.05) is 18.0 Å². The molecule has 1 fully saturated rings. The van der Waals surface area contributed by atoms with E-state index in [2.05, 4.69) is 4.90 Å². The van der Waals surface area contributed by atoms with E-state index >= 15 is 0 Å². The number of aliphatic hydroxyl groups excluding tert-OH is 1. The number of aliphatic hydroxyl groups is 1. The number of anilines is 1. The molecule has 0 spiro atoms. The van der Waals surface area contributed by atoms with Gasteiger partial charge in [-0.15, -0.1) is 0 Å².